The molecule has 76 valence electrons. The van der Waals surface area contributed by atoms with Crippen LogP contribution in [0.1, 0.15) is 59.1 Å². The van der Waals surface area contributed by atoms with Crippen LogP contribution in [0.25, 0.3) is 0 Å². The van der Waals surface area contributed by atoms with Crippen LogP contribution >= 0.6 is 11.3 Å². The molecular weight excluding hydrogens is 192 g/mol. The summed E-state index contributed by atoms with van der Waals surface area (Å²) in [4.78, 5) is 14.2. The fraction of sp³-hybridized carbons (Fsp3) is 0.583. The number of Topliss-reactive ketones (excluding diaryl/α,β-unsaturated/α-hetero) is 1. The second kappa shape index (κ2) is 3.85. The van der Waals surface area contributed by atoms with Crippen LogP contribution < -0.4 is 0 Å². The van der Waals surface area contributed by atoms with Crippen molar-refractivity contribution in [3.05, 3.63) is 21.4 Å². The largest absolute Gasteiger partial charge is 0.293 e. The van der Waals surface area contributed by atoms with Gasteiger partial charge in [0.25, 0.3) is 0 Å². The Hall–Kier alpha value is -0.630. The minimum atomic E-state index is 0.370. The first-order chi connectivity index (χ1) is 6.68. The number of carbonyl (C=O) groups is 1. The first-order valence-electron chi connectivity index (χ1n) is 5.34. The highest BCUT2D eigenvalue weighted by Crippen LogP contribution is 2.32. The molecule has 0 bridgehead atoms. The fourth-order valence-electron chi connectivity index (χ4n) is 1.87. The molecule has 1 aromatic heterocycles. The van der Waals surface area contributed by atoms with Gasteiger partial charge in [-0.2, -0.15) is 0 Å². The van der Waals surface area contributed by atoms with Crippen molar-refractivity contribution < 1.29 is 4.79 Å². The molecule has 14 heavy (non-hydrogen) atoms. The van der Waals surface area contributed by atoms with Gasteiger partial charge in [0, 0.05) is 11.3 Å². The quantitative estimate of drug-likeness (QED) is 0.642. The third kappa shape index (κ3) is 1.76. The lowest BCUT2D eigenvalue weighted by Crippen LogP contribution is -1.94. The Morgan fingerprint density at radius 3 is 2.71 bits per heavy atom. The number of aryl methyl sites for hydroxylation is 1. The molecule has 0 aliphatic heterocycles. The van der Waals surface area contributed by atoms with Crippen LogP contribution in [0, 0.1) is 0 Å². The van der Waals surface area contributed by atoms with Gasteiger partial charge in [0.1, 0.15) is 0 Å². The van der Waals surface area contributed by atoms with E-state index in [4.69, 9.17) is 0 Å². The number of ketones is 1. The zero-order chi connectivity index (χ0) is 10.1. The van der Waals surface area contributed by atoms with Crippen LogP contribution in [0.5, 0.6) is 0 Å². The molecule has 2 rings (SSSR count). The summed E-state index contributed by atoms with van der Waals surface area (Å²) >= 11 is 1.72. The molecule has 0 amide bonds. The first kappa shape index (κ1) is 9.91. The topological polar surface area (TPSA) is 17.1 Å². The fourth-order valence-corrected chi connectivity index (χ4v) is 3.05. The van der Waals surface area contributed by atoms with Gasteiger partial charge in [0.2, 0.25) is 0 Å². The van der Waals surface area contributed by atoms with E-state index < -0.39 is 0 Å². The van der Waals surface area contributed by atoms with E-state index in [9.17, 15) is 4.79 Å². The number of rotatable bonds is 1. The van der Waals surface area contributed by atoms with Crippen LogP contribution in [-0.4, -0.2) is 5.78 Å². The normalized spacial score (nSPS) is 16.9. The van der Waals surface area contributed by atoms with Crippen LogP contribution in [0.15, 0.2) is 6.07 Å². The molecule has 1 aromatic rings. The molecule has 1 heterocycles. The number of hydrogen-bond acceptors (Lipinski definition) is 2. The maximum absolute atomic E-state index is 11.8. The lowest BCUT2D eigenvalue weighted by Gasteiger charge is -1.98. The summed E-state index contributed by atoms with van der Waals surface area (Å²) in [5, 5.41) is 0. The van der Waals surface area contributed by atoms with Crippen molar-refractivity contribution in [2.24, 2.45) is 0 Å². The van der Waals surface area contributed by atoms with Gasteiger partial charge in [-0.3, -0.25) is 4.79 Å². The second-order valence-electron chi connectivity index (χ2n) is 4.29. The van der Waals surface area contributed by atoms with Gasteiger partial charge < -0.3 is 0 Å². The maximum Gasteiger partial charge on any atom is 0.173 e. The molecule has 0 spiro atoms. The smallest absolute Gasteiger partial charge is 0.173 e. The lowest BCUT2D eigenvalue weighted by molar-refractivity contribution is 0.0986. The highest BCUT2D eigenvalue weighted by atomic mass is 32.1. The van der Waals surface area contributed by atoms with E-state index in [0.29, 0.717) is 11.7 Å². The molecule has 0 N–H and O–H groups in total. The van der Waals surface area contributed by atoms with Crippen molar-refractivity contribution in [2.45, 2.75) is 45.4 Å². The monoisotopic (exact) mass is 208 g/mol. The molecule has 1 nitrogen and oxygen atoms in total. The van der Waals surface area contributed by atoms with Gasteiger partial charge in [-0.05, 0) is 36.8 Å². The molecule has 0 saturated carbocycles. The van der Waals surface area contributed by atoms with Gasteiger partial charge >= 0.3 is 0 Å². The van der Waals surface area contributed by atoms with Crippen molar-refractivity contribution >= 4 is 17.1 Å². The molecule has 0 aromatic carbocycles. The van der Waals surface area contributed by atoms with E-state index in [1.54, 1.807) is 11.3 Å². The molecule has 0 fully saturated rings. The Bertz CT molecular complexity index is 349. The van der Waals surface area contributed by atoms with E-state index in [1.165, 1.54) is 16.9 Å². The summed E-state index contributed by atoms with van der Waals surface area (Å²) in [5.74, 6) is 0.925. The molecule has 0 radical (unpaired) electrons. The van der Waals surface area contributed by atoms with Gasteiger partial charge in [0.05, 0.1) is 4.88 Å². The predicted octanol–water partition coefficient (Wildman–Crippen LogP) is 3.78. The molecule has 1 aliphatic carbocycles. The third-order valence-corrected chi connectivity index (χ3v) is 4.27. The maximum atomic E-state index is 11.8. The Kier molecular flexibility index (Phi) is 2.73. The minimum Gasteiger partial charge on any atom is -0.293 e. The summed E-state index contributed by atoms with van der Waals surface area (Å²) in [6.45, 7) is 4.38. The average Bonchev–Trinajstić information content (AvgIpc) is 2.49. The van der Waals surface area contributed by atoms with Crippen LogP contribution in [0.2, 0.25) is 0 Å². The standard InChI is InChI=1S/C12H16OS/c1-8(2)11-7-9-5-3-4-6-10(13)12(9)14-11/h7-8H,3-6H2,1-2H3. The molecule has 1 aliphatic rings. The summed E-state index contributed by atoms with van der Waals surface area (Å²) in [6, 6.07) is 2.24. The van der Waals surface area contributed by atoms with Crippen molar-refractivity contribution in [3.8, 4) is 0 Å². The first-order valence-corrected chi connectivity index (χ1v) is 6.16. The third-order valence-electron chi connectivity index (χ3n) is 2.75. The highest BCUT2D eigenvalue weighted by molar-refractivity contribution is 7.14. The Balaban J connectivity index is 2.39. The van der Waals surface area contributed by atoms with E-state index in [1.807, 2.05) is 0 Å². The average molecular weight is 208 g/mol. The predicted molar refractivity (Wildman–Crippen MR) is 60.3 cm³/mol. The van der Waals surface area contributed by atoms with Crippen LogP contribution in [0.4, 0.5) is 0 Å². The molecule has 0 unspecified atom stereocenters. The SMILES string of the molecule is CC(C)c1cc2c(s1)C(=O)CCCC2. The minimum absolute atomic E-state index is 0.370. The van der Waals surface area contributed by atoms with Gasteiger partial charge in [0.15, 0.2) is 5.78 Å². The molecule has 2 heteroatoms. The van der Waals surface area contributed by atoms with Gasteiger partial charge in [-0.15, -0.1) is 11.3 Å². The zero-order valence-corrected chi connectivity index (χ0v) is 9.62. The molecule has 0 atom stereocenters. The van der Waals surface area contributed by atoms with Crippen molar-refractivity contribution in [3.63, 3.8) is 0 Å². The summed E-state index contributed by atoms with van der Waals surface area (Å²) < 4.78 is 0. The number of thiophene rings is 1. The van der Waals surface area contributed by atoms with Gasteiger partial charge in [-0.1, -0.05) is 13.8 Å². The van der Waals surface area contributed by atoms with E-state index in [-0.39, 0.29) is 0 Å². The second-order valence-corrected chi connectivity index (χ2v) is 5.37. The molecular formula is C12H16OS. The lowest BCUT2D eigenvalue weighted by atomic mass is 10.1. The zero-order valence-electron chi connectivity index (χ0n) is 8.80. The van der Waals surface area contributed by atoms with Crippen molar-refractivity contribution in [2.75, 3.05) is 0 Å². The molecule has 0 saturated heterocycles. The highest BCUT2D eigenvalue weighted by Gasteiger charge is 2.19. The summed E-state index contributed by atoms with van der Waals surface area (Å²) in [5.41, 5.74) is 1.31. The van der Waals surface area contributed by atoms with Crippen molar-refractivity contribution in [1.29, 1.82) is 0 Å². The Labute approximate surface area is 89.1 Å². The van der Waals surface area contributed by atoms with E-state index in [0.717, 1.165) is 24.1 Å². The van der Waals surface area contributed by atoms with Crippen LogP contribution in [-0.2, 0) is 6.42 Å². The Morgan fingerprint density at radius 1 is 1.29 bits per heavy atom. The summed E-state index contributed by atoms with van der Waals surface area (Å²) in [6.07, 6.45) is 4.10. The van der Waals surface area contributed by atoms with E-state index >= 15 is 0 Å². The Morgan fingerprint density at radius 2 is 2.00 bits per heavy atom. The number of carbonyl (C=O) groups excluding carboxylic acids is 1. The van der Waals surface area contributed by atoms with Crippen LogP contribution in [0.3, 0.4) is 0 Å². The number of fused-ring (bicyclic) bond motifs is 1. The summed E-state index contributed by atoms with van der Waals surface area (Å²) in [7, 11) is 0. The number of hydrogen-bond donors (Lipinski definition) is 0. The van der Waals surface area contributed by atoms with Crippen molar-refractivity contribution in [1.82, 2.24) is 0 Å². The van der Waals surface area contributed by atoms with Gasteiger partial charge in [-0.25, -0.2) is 0 Å². The van der Waals surface area contributed by atoms with E-state index in [2.05, 4.69) is 19.9 Å².